The second-order valence-electron chi connectivity index (χ2n) is 5.13. The molecule has 0 fully saturated rings. The Morgan fingerprint density at radius 3 is 2.38 bits per heavy atom. The van der Waals surface area contributed by atoms with Gasteiger partial charge in [0.15, 0.2) is 4.34 Å². The molecule has 0 saturated carbocycles. The van der Waals surface area contributed by atoms with Gasteiger partial charge in [-0.05, 0) is 38.1 Å². The quantitative estimate of drug-likeness (QED) is 0.465. The molecular formula is C16H22N6O2S2. The fraction of sp³-hybridized carbons (Fsp3) is 0.375. The van der Waals surface area contributed by atoms with E-state index in [1.54, 1.807) is 19.2 Å². The van der Waals surface area contributed by atoms with E-state index in [4.69, 9.17) is 0 Å². The highest BCUT2D eigenvalue weighted by atomic mass is 32.2. The van der Waals surface area contributed by atoms with Crippen molar-refractivity contribution in [2.45, 2.75) is 18.2 Å². The Bertz CT molecular complexity index is 731. The van der Waals surface area contributed by atoms with E-state index in [9.17, 15) is 9.59 Å². The van der Waals surface area contributed by atoms with Crippen molar-refractivity contribution >= 4 is 45.7 Å². The van der Waals surface area contributed by atoms with Gasteiger partial charge in [-0.25, -0.2) is 0 Å². The summed E-state index contributed by atoms with van der Waals surface area (Å²) in [5, 5.41) is 11.4. The normalized spacial score (nSPS) is 10.3. The van der Waals surface area contributed by atoms with Gasteiger partial charge in [0.05, 0.1) is 5.75 Å². The molecule has 1 aromatic carbocycles. The Kier molecular flexibility index (Phi) is 7.67. The molecule has 1 heterocycles. The van der Waals surface area contributed by atoms with Gasteiger partial charge in [-0.15, -0.1) is 10.2 Å². The van der Waals surface area contributed by atoms with Crippen molar-refractivity contribution in [3.8, 4) is 0 Å². The van der Waals surface area contributed by atoms with Gasteiger partial charge in [0.2, 0.25) is 11.0 Å². The number of nitrogens with zero attached hydrogens (tertiary/aromatic N) is 3. The minimum atomic E-state index is -0.358. The molecule has 2 aromatic rings. The van der Waals surface area contributed by atoms with Crippen LogP contribution in [0.25, 0.3) is 0 Å². The molecule has 2 rings (SSSR count). The summed E-state index contributed by atoms with van der Waals surface area (Å²) in [4.78, 5) is 26.1. The molecule has 0 saturated heterocycles. The molecule has 0 aliphatic heterocycles. The average molecular weight is 395 g/mol. The van der Waals surface area contributed by atoms with Crippen molar-refractivity contribution in [3.63, 3.8) is 0 Å². The molecular weight excluding hydrogens is 372 g/mol. The number of aromatic nitrogens is 2. The van der Waals surface area contributed by atoms with Crippen molar-refractivity contribution < 1.29 is 9.59 Å². The third-order valence-electron chi connectivity index (χ3n) is 3.52. The molecule has 8 nitrogen and oxygen atoms in total. The van der Waals surface area contributed by atoms with E-state index in [1.807, 2.05) is 12.1 Å². The highest BCUT2D eigenvalue weighted by Crippen LogP contribution is 2.24. The second-order valence-corrected chi connectivity index (χ2v) is 7.33. The largest absolute Gasteiger partial charge is 0.372 e. The van der Waals surface area contributed by atoms with Gasteiger partial charge in [-0.3, -0.25) is 20.4 Å². The van der Waals surface area contributed by atoms with Crippen molar-refractivity contribution in [2.24, 2.45) is 0 Å². The summed E-state index contributed by atoms with van der Waals surface area (Å²) < 4.78 is 0.683. The first-order chi connectivity index (χ1) is 12.6. The number of hydrogen-bond donors (Lipinski definition) is 3. The lowest BCUT2D eigenvalue weighted by Gasteiger charge is -2.21. The third-order valence-corrected chi connectivity index (χ3v) is 5.59. The van der Waals surface area contributed by atoms with Crippen LogP contribution in [0.1, 0.15) is 24.2 Å². The van der Waals surface area contributed by atoms with E-state index in [0.29, 0.717) is 15.0 Å². The van der Waals surface area contributed by atoms with Gasteiger partial charge in [0.1, 0.15) is 0 Å². The molecule has 140 valence electrons. The topological polar surface area (TPSA) is 99.3 Å². The number of anilines is 2. The maximum Gasteiger partial charge on any atom is 0.269 e. The molecule has 0 aliphatic carbocycles. The number of thioether (sulfide) groups is 1. The number of hydrogen-bond acceptors (Lipinski definition) is 8. The van der Waals surface area contributed by atoms with E-state index in [0.717, 1.165) is 18.8 Å². The number of amides is 2. The number of hydrazine groups is 1. The molecule has 0 aliphatic rings. The molecule has 10 heteroatoms. The van der Waals surface area contributed by atoms with E-state index < -0.39 is 0 Å². The minimum absolute atomic E-state index is 0.138. The Morgan fingerprint density at radius 1 is 1.12 bits per heavy atom. The van der Waals surface area contributed by atoms with Crippen LogP contribution in [-0.2, 0) is 4.79 Å². The van der Waals surface area contributed by atoms with Gasteiger partial charge in [0.25, 0.3) is 5.91 Å². The van der Waals surface area contributed by atoms with Crippen molar-refractivity contribution in [2.75, 3.05) is 36.1 Å². The lowest BCUT2D eigenvalue weighted by atomic mass is 10.2. The maximum atomic E-state index is 12.1. The smallest absolute Gasteiger partial charge is 0.269 e. The van der Waals surface area contributed by atoms with Crippen LogP contribution >= 0.6 is 23.1 Å². The van der Waals surface area contributed by atoms with Crippen LogP contribution < -0.4 is 21.1 Å². The molecule has 1 aromatic heterocycles. The van der Waals surface area contributed by atoms with Gasteiger partial charge >= 0.3 is 0 Å². The van der Waals surface area contributed by atoms with Gasteiger partial charge in [-0.1, -0.05) is 23.1 Å². The number of nitrogens with one attached hydrogen (secondary N) is 3. The molecule has 3 N–H and O–H groups in total. The molecule has 0 bridgehead atoms. The number of rotatable bonds is 8. The van der Waals surface area contributed by atoms with Gasteiger partial charge < -0.3 is 10.2 Å². The lowest BCUT2D eigenvalue weighted by Crippen LogP contribution is -2.42. The first-order valence-electron chi connectivity index (χ1n) is 8.15. The van der Waals surface area contributed by atoms with E-state index in [1.165, 1.54) is 23.1 Å². The Morgan fingerprint density at radius 2 is 1.81 bits per heavy atom. The Balaban J connectivity index is 1.79. The van der Waals surface area contributed by atoms with Crippen LogP contribution in [0, 0.1) is 0 Å². The maximum absolute atomic E-state index is 12.1. The first kappa shape index (κ1) is 20.0. The van der Waals surface area contributed by atoms with Crippen molar-refractivity contribution in [3.05, 3.63) is 29.8 Å². The van der Waals surface area contributed by atoms with E-state index >= 15 is 0 Å². The average Bonchev–Trinajstić information content (AvgIpc) is 3.14. The van der Waals surface area contributed by atoms with Gasteiger partial charge in [-0.2, -0.15) is 0 Å². The molecule has 26 heavy (non-hydrogen) atoms. The summed E-state index contributed by atoms with van der Waals surface area (Å²) in [5.74, 6) is -0.536. The van der Waals surface area contributed by atoms with Crippen molar-refractivity contribution in [1.29, 1.82) is 0 Å². The van der Waals surface area contributed by atoms with Crippen LogP contribution in [0.15, 0.2) is 28.6 Å². The SMILES string of the molecule is CCN(CC)c1ccc(C(=O)NNC(=O)CSc2nnc(NC)s2)cc1. The zero-order chi connectivity index (χ0) is 18.9. The summed E-state index contributed by atoms with van der Waals surface area (Å²) in [5.41, 5.74) is 6.36. The lowest BCUT2D eigenvalue weighted by molar-refractivity contribution is -0.119. The van der Waals surface area contributed by atoms with Crippen LogP contribution in [0.2, 0.25) is 0 Å². The molecule has 2 amide bonds. The molecule has 0 atom stereocenters. The van der Waals surface area contributed by atoms with E-state index in [2.05, 4.69) is 45.1 Å². The Labute approximate surface area is 160 Å². The highest BCUT2D eigenvalue weighted by Gasteiger charge is 2.10. The zero-order valence-electron chi connectivity index (χ0n) is 14.9. The number of carbonyl (C=O) groups excluding carboxylic acids is 2. The van der Waals surface area contributed by atoms with Crippen LogP contribution in [0.5, 0.6) is 0 Å². The summed E-state index contributed by atoms with van der Waals surface area (Å²) in [6.45, 7) is 5.97. The van der Waals surface area contributed by atoms with Crippen LogP contribution in [0.3, 0.4) is 0 Å². The predicted molar refractivity (Wildman–Crippen MR) is 106 cm³/mol. The predicted octanol–water partition coefficient (Wildman–Crippen LogP) is 1.98. The molecule has 0 spiro atoms. The second kappa shape index (κ2) is 9.97. The summed E-state index contributed by atoms with van der Waals surface area (Å²) in [7, 11) is 1.76. The monoisotopic (exact) mass is 394 g/mol. The fourth-order valence-corrected chi connectivity index (χ4v) is 3.65. The van der Waals surface area contributed by atoms with E-state index in [-0.39, 0.29) is 17.6 Å². The summed E-state index contributed by atoms with van der Waals surface area (Å²) in [6, 6.07) is 7.28. The molecule has 0 radical (unpaired) electrons. The summed E-state index contributed by atoms with van der Waals surface area (Å²) in [6.07, 6.45) is 0. The van der Waals surface area contributed by atoms with Gasteiger partial charge in [0, 0.05) is 31.4 Å². The molecule has 0 unspecified atom stereocenters. The van der Waals surface area contributed by atoms with Crippen LogP contribution in [-0.4, -0.2) is 47.9 Å². The third kappa shape index (κ3) is 5.60. The van der Waals surface area contributed by atoms with Crippen LogP contribution in [0.4, 0.5) is 10.8 Å². The summed E-state index contributed by atoms with van der Waals surface area (Å²) >= 11 is 2.62. The minimum Gasteiger partial charge on any atom is -0.372 e. The zero-order valence-corrected chi connectivity index (χ0v) is 16.5. The van der Waals surface area contributed by atoms with Crippen molar-refractivity contribution in [1.82, 2.24) is 21.0 Å². The highest BCUT2D eigenvalue weighted by molar-refractivity contribution is 8.01. The number of carbonyl (C=O) groups is 2. The fourth-order valence-electron chi connectivity index (χ4n) is 2.14. The standard InChI is InChI=1S/C16H22N6O2S2/c1-4-22(5-2)12-8-6-11(7-9-12)14(24)19-18-13(23)10-25-16-21-20-15(17-3)26-16/h6-9H,4-5,10H2,1-3H3,(H,17,20)(H,18,23)(H,19,24). The number of benzene rings is 1. The Hall–Kier alpha value is -2.33. The first-order valence-corrected chi connectivity index (χ1v) is 9.95.